The average molecular weight is 381 g/mol. The minimum absolute atomic E-state index is 0.0499. The monoisotopic (exact) mass is 380 g/mol. The molecule has 0 atom stereocenters. The summed E-state index contributed by atoms with van der Waals surface area (Å²) in [6.45, 7) is 0. The molecular weight excluding hydrogens is 368 g/mol. The molecule has 0 radical (unpaired) electrons. The summed E-state index contributed by atoms with van der Waals surface area (Å²) in [7, 11) is -3.73. The highest BCUT2D eigenvalue weighted by atomic mass is 35.5. The van der Waals surface area contributed by atoms with Crippen molar-refractivity contribution in [2.75, 3.05) is 6.26 Å². The smallest absolute Gasteiger partial charge is 0.225 e. The average Bonchev–Trinajstić information content (AvgIpc) is 2.99. The number of hydrogen-bond acceptors (Lipinski definition) is 5. The van der Waals surface area contributed by atoms with Gasteiger partial charge in [0.25, 0.3) is 0 Å². The van der Waals surface area contributed by atoms with Gasteiger partial charge in [-0.1, -0.05) is 23.4 Å². The van der Waals surface area contributed by atoms with E-state index in [1.807, 2.05) is 18.4 Å². The van der Waals surface area contributed by atoms with Gasteiger partial charge in [0.05, 0.1) is 10.6 Å². The zero-order valence-electron chi connectivity index (χ0n) is 12.5. The summed E-state index contributed by atoms with van der Waals surface area (Å²) in [5, 5.41) is 10.8. The van der Waals surface area contributed by atoms with E-state index in [-0.39, 0.29) is 4.90 Å². The second-order valence-electron chi connectivity index (χ2n) is 4.88. The first-order chi connectivity index (χ1) is 11.4. The maximum atomic E-state index is 11.4. The second-order valence-corrected chi connectivity index (χ2v) is 7.65. The molecule has 0 unspecified atom stereocenters. The molecule has 124 valence electrons. The normalized spacial score (nSPS) is 11.6. The van der Waals surface area contributed by atoms with Crippen LogP contribution in [0.4, 0.5) is 0 Å². The summed E-state index contributed by atoms with van der Waals surface area (Å²) >= 11 is 7.35. The molecule has 0 spiro atoms. The molecule has 1 aromatic heterocycles. The standard InChI is InChI=1S/C15H13ClN4O2S2/c1-23-15-18-14(10-2-8-13(9-3-10)24(17,21)22)20(19-15)12-6-4-11(16)5-7-12/h2-9H,1H3,(H2,17,21,22). The second kappa shape index (κ2) is 6.56. The lowest BCUT2D eigenvalue weighted by atomic mass is 10.2. The van der Waals surface area contributed by atoms with E-state index in [9.17, 15) is 8.42 Å². The fraction of sp³-hybridized carbons (Fsp3) is 0.0667. The van der Waals surface area contributed by atoms with Crippen LogP contribution in [0.1, 0.15) is 0 Å². The van der Waals surface area contributed by atoms with Gasteiger partial charge in [0.2, 0.25) is 15.2 Å². The molecule has 0 aliphatic carbocycles. The Labute approximate surface area is 148 Å². The van der Waals surface area contributed by atoms with Gasteiger partial charge in [0.1, 0.15) is 0 Å². The molecule has 9 heteroatoms. The van der Waals surface area contributed by atoms with Crippen LogP contribution in [-0.4, -0.2) is 29.4 Å². The van der Waals surface area contributed by atoms with Gasteiger partial charge < -0.3 is 0 Å². The molecule has 6 nitrogen and oxygen atoms in total. The summed E-state index contributed by atoms with van der Waals surface area (Å²) < 4.78 is 24.4. The minimum atomic E-state index is -3.73. The Hall–Kier alpha value is -1.87. The number of rotatable bonds is 4. The van der Waals surface area contributed by atoms with Crippen LogP contribution in [0.15, 0.2) is 58.6 Å². The van der Waals surface area contributed by atoms with Crippen molar-refractivity contribution in [1.29, 1.82) is 0 Å². The van der Waals surface area contributed by atoms with Gasteiger partial charge in [-0.3, -0.25) is 0 Å². The minimum Gasteiger partial charge on any atom is -0.225 e. The third kappa shape index (κ3) is 3.46. The topological polar surface area (TPSA) is 90.9 Å². The third-order valence-corrected chi connectivity index (χ3v) is 5.00. The fourth-order valence-corrected chi connectivity index (χ4v) is 3.11. The lowest BCUT2D eigenvalue weighted by Gasteiger charge is -2.06. The Morgan fingerprint density at radius 2 is 1.71 bits per heavy atom. The highest BCUT2D eigenvalue weighted by Gasteiger charge is 2.15. The number of hydrogen-bond donors (Lipinski definition) is 1. The van der Waals surface area contributed by atoms with E-state index in [1.165, 1.54) is 23.9 Å². The number of benzene rings is 2. The molecule has 0 saturated carbocycles. The molecule has 2 N–H and O–H groups in total. The number of thioether (sulfide) groups is 1. The van der Waals surface area contributed by atoms with E-state index in [1.54, 1.807) is 28.9 Å². The van der Waals surface area contributed by atoms with E-state index in [0.29, 0.717) is 16.0 Å². The number of halogens is 1. The lowest BCUT2D eigenvalue weighted by molar-refractivity contribution is 0.598. The molecule has 0 bridgehead atoms. The molecule has 3 aromatic rings. The van der Waals surface area contributed by atoms with Crippen LogP contribution in [0.25, 0.3) is 17.1 Å². The Kier molecular flexibility index (Phi) is 4.64. The van der Waals surface area contributed by atoms with Crippen LogP contribution in [0.2, 0.25) is 5.02 Å². The van der Waals surface area contributed by atoms with Crippen molar-refractivity contribution in [3.05, 3.63) is 53.6 Å². The molecule has 0 saturated heterocycles. The number of aromatic nitrogens is 3. The first-order valence-electron chi connectivity index (χ1n) is 6.79. The summed E-state index contributed by atoms with van der Waals surface area (Å²) in [5.74, 6) is 0.600. The van der Waals surface area contributed by atoms with Crippen molar-refractivity contribution in [2.45, 2.75) is 10.1 Å². The number of primary sulfonamides is 1. The Morgan fingerprint density at radius 1 is 1.08 bits per heavy atom. The van der Waals surface area contributed by atoms with E-state index < -0.39 is 10.0 Å². The summed E-state index contributed by atoms with van der Waals surface area (Å²) in [5.41, 5.74) is 1.53. The zero-order chi connectivity index (χ0) is 17.3. The molecular formula is C15H13ClN4O2S2. The first-order valence-corrected chi connectivity index (χ1v) is 9.93. The Bertz CT molecular complexity index is 968. The predicted octanol–water partition coefficient (Wildman–Crippen LogP) is 2.96. The summed E-state index contributed by atoms with van der Waals surface area (Å²) in [6.07, 6.45) is 1.88. The van der Waals surface area contributed by atoms with Gasteiger partial charge in [-0.05, 0) is 54.8 Å². The van der Waals surface area contributed by atoms with Gasteiger partial charge in [0.15, 0.2) is 5.82 Å². The maximum Gasteiger partial charge on any atom is 0.238 e. The molecule has 0 amide bonds. The van der Waals surface area contributed by atoms with E-state index in [0.717, 1.165) is 11.3 Å². The Balaban J connectivity index is 2.10. The van der Waals surface area contributed by atoms with Gasteiger partial charge in [-0.2, -0.15) is 0 Å². The van der Waals surface area contributed by atoms with E-state index >= 15 is 0 Å². The van der Waals surface area contributed by atoms with Crippen molar-refractivity contribution < 1.29 is 8.42 Å². The van der Waals surface area contributed by atoms with Crippen molar-refractivity contribution in [2.24, 2.45) is 5.14 Å². The van der Waals surface area contributed by atoms with Crippen LogP contribution < -0.4 is 5.14 Å². The molecule has 3 rings (SSSR count). The molecule has 0 aliphatic heterocycles. The SMILES string of the molecule is CSc1nc(-c2ccc(S(N)(=O)=O)cc2)n(-c2ccc(Cl)cc2)n1. The third-order valence-electron chi connectivity index (χ3n) is 3.28. The molecule has 24 heavy (non-hydrogen) atoms. The van der Waals surface area contributed by atoms with Gasteiger partial charge >= 0.3 is 0 Å². The van der Waals surface area contributed by atoms with Crippen LogP contribution in [-0.2, 0) is 10.0 Å². The quantitative estimate of drug-likeness (QED) is 0.702. The zero-order valence-corrected chi connectivity index (χ0v) is 14.9. The van der Waals surface area contributed by atoms with Crippen LogP contribution in [0, 0.1) is 0 Å². The molecule has 1 heterocycles. The summed E-state index contributed by atoms with van der Waals surface area (Å²) in [6, 6.07) is 13.4. The molecule has 0 fully saturated rings. The highest BCUT2D eigenvalue weighted by Crippen LogP contribution is 2.25. The van der Waals surface area contributed by atoms with Gasteiger partial charge in [-0.15, -0.1) is 5.10 Å². The molecule has 2 aromatic carbocycles. The van der Waals surface area contributed by atoms with Crippen LogP contribution in [0.3, 0.4) is 0 Å². The maximum absolute atomic E-state index is 11.4. The fourth-order valence-electron chi connectivity index (χ4n) is 2.12. The number of nitrogens with zero attached hydrogens (tertiary/aromatic N) is 3. The van der Waals surface area contributed by atoms with Crippen molar-refractivity contribution in [3.8, 4) is 17.1 Å². The number of nitrogens with two attached hydrogens (primary N) is 1. The first kappa shape index (κ1) is 17.0. The van der Waals surface area contributed by atoms with Crippen molar-refractivity contribution in [1.82, 2.24) is 14.8 Å². The van der Waals surface area contributed by atoms with E-state index in [4.69, 9.17) is 16.7 Å². The van der Waals surface area contributed by atoms with Gasteiger partial charge in [0, 0.05) is 10.6 Å². The largest absolute Gasteiger partial charge is 0.238 e. The van der Waals surface area contributed by atoms with Crippen LogP contribution >= 0.6 is 23.4 Å². The highest BCUT2D eigenvalue weighted by molar-refractivity contribution is 7.98. The van der Waals surface area contributed by atoms with Crippen molar-refractivity contribution >= 4 is 33.4 Å². The Morgan fingerprint density at radius 3 is 2.25 bits per heavy atom. The number of sulfonamides is 1. The van der Waals surface area contributed by atoms with Crippen LogP contribution in [0.5, 0.6) is 0 Å². The molecule has 0 aliphatic rings. The summed E-state index contributed by atoms with van der Waals surface area (Å²) in [4.78, 5) is 4.54. The lowest BCUT2D eigenvalue weighted by Crippen LogP contribution is -2.11. The van der Waals surface area contributed by atoms with Gasteiger partial charge in [-0.25, -0.2) is 23.2 Å². The predicted molar refractivity (Wildman–Crippen MR) is 95.0 cm³/mol. The van der Waals surface area contributed by atoms with E-state index in [2.05, 4.69) is 10.1 Å². The van der Waals surface area contributed by atoms with Crippen molar-refractivity contribution in [3.63, 3.8) is 0 Å².